The van der Waals surface area contributed by atoms with Crippen LogP contribution in [0.15, 0.2) is 4.99 Å². The van der Waals surface area contributed by atoms with Crippen LogP contribution in [0.3, 0.4) is 0 Å². The lowest BCUT2D eigenvalue weighted by Gasteiger charge is -1.80. The molecule has 0 aliphatic carbocycles. The van der Waals surface area contributed by atoms with E-state index >= 15 is 0 Å². The number of hydrogen-bond acceptors (Lipinski definition) is 2. The first kappa shape index (κ1) is 7.14. The Labute approximate surface area is 48.1 Å². The monoisotopic (exact) mass is 115 g/mol. The Balaban J connectivity index is 3.16. The van der Waals surface area contributed by atoms with Crippen molar-refractivity contribution in [2.45, 2.75) is 13.3 Å². The molecule has 0 aromatic rings. The Hall–Kier alpha value is -0.860. The molecule has 0 unspecified atom stereocenters. The van der Waals surface area contributed by atoms with Crippen molar-refractivity contribution in [2.24, 2.45) is 4.99 Å². The molecule has 46 valence electrons. The van der Waals surface area contributed by atoms with Gasteiger partial charge in [0.15, 0.2) is 0 Å². The number of rotatable bonds is 3. The van der Waals surface area contributed by atoms with Crippen molar-refractivity contribution in [1.82, 2.24) is 0 Å². The summed E-state index contributed by atoms with van der Waals surface area (Å²) in [5, 5.41) is 8.03. The summed E-state index contributed by atoms with van der Waals surface area (Å²) in [4.78, 5) is 13.3. The van der Waals surface area contributed by atoms with Crippen LogP contribution >= 0.6 is 0 Å². The van der Waals surface area contributed by atoms with Gasteiger partial charge in [-0.15, -0.1) is 0 Å². The molecule has 0 bridgehead atoms. The minimum Gasteiger partial charge on any atom is -0.480 e. The highest BCUT2D eigenvalue weighted by Gasteiger charge is 1.87. The summed E-state index contributed by atoms with van der Waals surface area (Å²) >= 11 is 0. The van der Waals surface area contributed by atoms with Gasteiger partial charge >= 0.3 is 5.97 Å². The Morgan fingerprint density at radius 3 is 2.88 bits per heavy atom. The van der Waals surface area contributed by atoms with Crippen molar-refractivity contribution in [1.29, 1.82) is 0 Å². The molecule has 8 heavy (non-hydrogen) atoms. The minimum atomic E-state index is -0.880. The minimum absolute atomic E-state index is 0.103. The Bertz CT molecular complexity index is 98.6. The standard InChI is InChI=1S/C5H9NO2/c1-2-3-6-4-5(7)8/h3H,2,4H2,1H3,(H,7,8). The van der Waals surface area contributed by atoms with Crippen molar-refractivity contribution in [3.05, 3.63) is 0 Å². The van der Waals surface area contributed by atoms with Gasteiger partial charge in [-0.25, -0.2) is 0 Å². The van der Waals surface area contributed by atoms with Crippen molar-refractivity contribution in [2.75, 3.05) is 6.54 Å². The fraction of sp³-hybridized carbons (Fsp3) is 0.600. The number of nitrogens with zero attached hydrogens (tertiary/aromatic N) is 1. The number of carboxylic acids is 1. The molecule has 0 heterocycles. The molecule has 0 saturated heterocycles. The number of aliphatic carboxylic acids is 1. The summed E-state index contributed by atoms with van der Waals surface area (Å²) in [6, 6.07) is 0. The van der Waals surface area contributed by atoms with E-state index in [0.717, 1.165) is 6.42 Å². The number of hydrogen-bond donors (Lipinski definition) is 1. The third kappa shape index (κ3) is 5.14. The van der Waals surface area contributed by atoms with Gasteiger partial charge in [0.05, 0.1) is 0 Å². The fourth-order valence-corrected chi connectivity index (χ4v) is 0.272. The molecule has 3 nitrogen and oxygen atoms in total. The normalized spacial score (nSPS) is 10.1. The Morgan fingerprint density at radius 2 is 2.50 bits per heavy atom. The van der Waals surface area contributed by atoms with E-state index in [1.807, 2.05) is 6.92 Å². The lowest BCUT2D eigenvalue weighted by atomic mass is 10.5. The number of aliphatic imine (C=N–C) groups is 1. The zero-order valence-electron chi connectivity index (χ0n) is 4.79. The summed E-state index contributed by atoms with van der Waals surface area (Å²) in [5.41, 5.74) is 0. The lowest BCUT2D eigenvalue weighted by Crippen LogP contribution is -1.98. The van der Waals surface area contributed by atoms with Crippen molar-refractivity contribution >= 4 is 12.2 Å². The van der Waals surface area contributed by atoms with E-state index < -0.39 is 5.97 Å². The second-order valence-electron chi connectivity index (χ2n) is 1.33. The maximum atomic E-state index is 9.76. The van der Waals surface area contributed by atoms with Crippen molar-refractivity contribution < 1.29 is 9.90 Å². The molecule has 0 saturated carbocycles. The summed E-state index contributed by atoms with van der Waals surface area (Å²) in [6.45, 7) is 1.80. The van der Waals surface area contributed by atoms with Crippen LogP contribution in [0.25, 0.3) is 0 Å². The highest BCUT2D eigenvalue weighted by Crippen LogP contribution is 1.70. The molecule has 0 atom stereocenters. The summed E-state index contributed by atoms with van der Waals surface area (Å²) in [5.74, 6) is -0.880. The van der Waals surface area contributed by atoms with Gasteiger partial charge < -0.3 is 5.11 Å². The lowest BCUT2D eigenvalue weighted by molar-refractivity contribution is -0.135. The van der Waals surface area contributed by atoms with E-state index in [-0.39, 0.29) is 6.54 Å². The van der Waals surface area contributed by atoms with Crippen LogP contribution in [0.5, 0.6) is 0 Å². The summed E-state index contributed by atoms with van der Waals surface area (Å²) in [6.07, 6.45) is 2.39. The zero-order valence-corrected chi connectivity index (χ0v) is 4.79. The van der Waals surface area contributed by atoms with Crippen LogP contribution in [-0.2, 0) is 4.79 Å². The number of carboxylic acid groups (broad SMARTS) is 1. The van der Waals surface area contributed by atoms with Crippen molar-refractivity contribution in [3.63, 3.8) is 0 Å². The molecule has 0 rings (SSSR count). The van der Waals surface area contributed by atoms with E-state index in [1.165, 1.54) is 0 Å². The molecule has 0 aromatic carbocycles. The molecule has 0 fully saturated rings. The molecular formula is C5H9NO2. The van der Waals surface area contributed by atoms with Gasteiger partial charge in [0, 0.05) is 0 Å². The molecule has 0 amide bonds. The average molecular weight is 115 g/mol. The fourth-order valence-electron chi connectivity index (χ4n) is 0.272. The second kappa shape index (κ2) is 4.30. The van der Waals surface area contributed by atoms with E-state index in [0.29, 0.717) is 0 Å². The first-order valence-electron chi connectivity index (χ1n) is 2.47. The van der Waals surface area contributed by atoms with Gasteiger partial charge in [-0.2, -0.15) is 0 Å². The molecule has 0 spiro atoms. The third-order valence-corrected chi connectivity index (χ3v) is 0.538. The zero-order chi connectivity index (χ0) is 6.41. The molecule has 0 radical (unpaired) electrons. The third-order valence-electron chi connectivity index (χ3n) is 0.538. The topological polar surface area (TPSA) is 49.7 Å². The van der Waals surface area contributed by atoms with Gasteiger partial charge in [-0.05, 0) is 12.6 Å². The van der Waals surface area contributed by atoms with Crippen molar-refractivity contribution in [3.8, 4) is 0 Å². The van der Waals surface area contributed by atoms with Gasteiger partial charge in [-0.1, -0.05) is 6.92 Å². The molecular weight excluding hydrogens is 106 g/mol. The van der Waals surface area contributed by atoms with E-state index in [4.69, 9.17) is 5.11 Å². The van der Waals surface area contributed by atoms with E-state index in [1.54, 1.807) is 6.21 Å². The molecule has 1 N–H and O–H groups in total. The highest BCUT2D eigenvalue weighted by molar-refractivity contribution is 5.71. The largest absolute Gasteiger partial charge is 0.480 e. The maximum Gasteiger partial charge on any atom is 0.325 e. The second-order valence-corrected chi connectivity index (χ2v) is 1.33. The smallest absolute Gasteiger partial charge is 0.325 e. The van der Waals surface area contributed by atoms with Gasteiger partial charge in [-0.3, -0.25) is 9.79 Å². The molecule has 3 heteroatoms. The molecule has 0 aliphatic rings. The summed E-state index contributed by atoms with van der Waals surface area (Å²) in [7, 11) is 0. The Kier molecular flexibility index (Phi) is 3.84. The van der Waals surface area contributed by atoms with E-state index in [2.05, 4.69) is 4.99 Å². The Morgan fingerprint density at radius 1 is 1.88 bits per heavy atom. The highest BCUT2D eigenvalue weighted by atomic mass is 16.4. The predicted molar refractivity (Wildman–Crippen MR) is 31.3 cm³/mol. The SMILES string of the molecule is CCC=NCC(=O)O. The number of carbonyl (C=O) groups is 1. The van der Waals surface area contributed by atoms with Crippen LogP contribution in [0, 0.1) is 0 Å². The van der Waals surface area contributed by atoms with Gasteiger partial charge in [0.1, 0.15) is 6.54 Å². The first-order valence-corrected chi connectivity index (χ1v) is 2.47. The summed E-state index contributed by atoms with van der Waals surface area (Å²) < 4.78 is 0. The van der Waals surface area contributed by atoms with Gasteiger partial charge in [0.2, 0.25) is 0 Å². The van der Waals surface area contributed by atoms with Crippen LogP contribution in [0.2, 0.25) is 0 Å². The maximum absolute atomic E-state index is 9.76. The van der Waals surface area contributed by atoms with Crippen LogP contribution < -0.4 is 0 Å². The van der Waals surface area contributed by atoms with E-state index in [9.17, 15) is 4.79 Å². The van der Waals surface area contributed by atoms with Gasteiger partial charge in [0.25, 0.3) is 0 Å². The first-order chi connectivity index (χ1) is 3.77. The van der Waals surface area contributed by atoms with Crippen LogP contribution in [0.4, 0.5) is 0 Å². The molecule has 0 aromatic heterocycles. The average Bonchev–Trinajstić information content (AvgIpc) is 1.66. The van der Waals surface area contributed by atoms with Crippen LogP contribution in [0.1, 0.15) is 13.3 Å². The quantitative estimate of drug-likeness (QED) is 0.546. The predicted octanol–water partition coefficient (Wildman–Crippen LogP) is 0.552. The molecule has 0 aliphatic heterocycles. The van der Waals surface area contributed by atoms with Crippen LogP contribution in [-0.4, -0.2) is 23.8 Å².